The summed E-state index contributed by atoms with van der Waals surface area (Å²) in [4.78, 5) is 21.3. The summed E-state index contributed by atoms with van der Waals surface area (Å²) in [6.07, 6.45) is 6.42. The van der Waals surface area contributed by atoms with Gasteiger partial charge < -0.3 is 20.5 Å². The fraction of sp³-hybridized carbons (Fsp3) is 0.400. The van der Waals surface area contributed by atoms with Crippen molar-refractivity contribution in [3.63, 3.8) is 0 Å². The molecule has 29 heavy (non-hydrogen) atoms. The maximum atomic E-state index is 13.7. The molecule has 9 heteroatoms. The van der Waals surface area contributed by atoms with Crippen LogP contribution in [0.25, 0.3) is 6.08 Å². The monoisotopic (exact) mass is 415 g/mol. The number of nitrogen functional groups attached to an aromatic ring is 1. The maximum Gasteiger partial charge on any atom is 0.251 e. The van der Waals surface area contributed by atoms with E-state index in [0.717, 1.165) is 50.0 Å². The number of hydrogen-bond donors (Lipinski definition) is 2. The van der Waals surface area contributed by atoms with Gasteiger partial charge in [-0.3, -0.25) is 9.78 Å². The predicted octanol–water partition coefficient (Wildman–Crippen LogP) is 0.896. The number of allylic oxidation sites excluding steroid dienone is 2. The van der Waals surface area contributed by atoms with Crippen molar-refractivity contribution in [2.75, 3.05) is 25.4 Å². The molecule has 154 valence electrons. The largest absolute Gasteiger partial charge is 0.397 e. The molecular formula is C20H27BFN5OS. The Kier molecular flexibility index (Phi) is 7.41. The van der Waals surface area contributed by atoms with Gasteiger partial charge in [-0.15, -0.1) is 11.3 Å². The highest BCUT2D eigenvalue weighted by atomic mass is 32.1. The molecule has 2 aromatic rings. The SMILES string of the molecule is Bc1ncc(CNC2CCN(CCn3c(/C=C(/F)C=C)c(N)ccc3=O)CC2)s1. The molecule has 0 bridgehead atoms. The van der Waals surface area contributed by atoms with Gasteiger partial charge in [-0.25, -0.2) is 4.39 Å². The highest BCUT2D eigenvalue weighted by molar-refractivity contribution is 7.19. The van der Waals surface area contributed by atoms with Crippen molar-refractivity contribution in [1.29, 1.82) is 0 Å². The van der Waals surface area contributed by atoms with E-state index >= 15 is 0 Å². The molecule has 0 aromatic carbocycles. The van der Waals surface area contributed by atoms with E-state index in [9.17, 15) is 9.18 Å². The average molecular weight is 415 g/mol. The van der Waals surface area contributed by atoms with Gasteiger partial charge in [-0.2, -0.15) is 0 Å². The van der Waals surface area contributed by atoms with Gasteiger partial charge in [-0.1, -0.05) is 6.58 Å². The van der Waals surface area contributed by atoms with Crippen LogP contribution < -0.4 is 21.5 Å². The minimum Gasteiger partial charge on any atom is -0.397 e. The summed E-state index contributed by atoms with van der Waals surface area (Å²) in [5.41, 5.74) is 6.56. The van der Waals surface area contributed by atoms with Crippen molar-refractivity contribution in [2.24, 2.45) is 0 Å². The molecule has 1 fully saturated rings. The molecule has 0 saturated carbocycles. The first-order valence-electron chi connectivity index (χ1n) is 9.82. The summed E-state index contributed by atoms with van der Waals surface area (Å²) < 4.78 is 15.2. The number of pyridine rings is 1. The van der Waals surface area contributed by atoms with Gasteiger partial charge >= 0.3 is 0 Å². The lowest BCUT2D eigenvalue weighted by Gasteiger charge is -2.32. The van der Waals surface area contributed by atoms with Gasteiger partial charge in [0.2, 0.25) is 0 Å². The van der Waals surface area contributed by atoms with E-state index in [1.54, 1.807) is 11.3 Å². The topological polar surface area (TPSA) is 76.2 Å². The molecule has 3 N–H and O–H groups in total. The number of halogens is 1. The smallest absolute Gasteiger partial charge is 0.251 e. The molecule has 1 aliphatic rings. The van der Waals surface area contributed by atoms with Crippen LogP contribution in [0.5, 0.6) is 0 Å². The van der Waals surface area contributed by atoms with Gasteiger partial charge in [-0.05, 0) is 44.1 Å². The minimum absolute atomic E-state index is 0.182. The number of rotatable bonds is 8. The minimum atomic E-state index is -0.515. The molecule has 3 rings (SSSR count). The predicted molar refractivity (Wildman–Crippen MR) is 121 cm³/mol. The van der Waals surface area contributed by atoms with E-state index < -0.39 is 5.83 Å². The van der Waals surface area contributed by atoms with E-state index in [1.165, 1.54) is 27.7 Å². The van der Waals surface area contributed by atoms with Crippen LogP contribution in [-0.2, 0) is 13.1 Å². The summed E-state index contributed by atoms with van der Waals surface area (Å²) in [6.45, 7) is 7.39. The third kappa shape index (κ3) is 5.88. The van der Waals surface area contributed by atoms with Gasteiger partial charge in [0.05, 0.1) is 11.4 Å². The van der Waals surface area contributed by atoms with Crippen LogP contribution in [0.3, 0.4) is 0 Å². The second kappa shape index (κ2) is 10.0. The third-order valence-electron chi connectivity index (χ3n) is 5.19. The number of nitrogens with two attached hydrogens (primary N) is 1. The molecule has 0 amide bonds. The highest BCUT2D eigenvalue weighted by Gasteiger charge is 2.19. The third-order valence-corrected chi connectivity index (χ3v) is 6.10. The van der Waals surface area contributed by atoms with E-state index in [4.69, 9.17) is 5.73 Å². The summed E-state index contributed by atoms with van der Waals surface area (Å²) in [7, 11) is 2.02. The first-order chi connectivity index (χ1) is 14.0. The van der Waals surface area contributed by atoms with Crippen molar-refractivity contribution in [3.05, 3.63) is 57.7 Å². The van der Waals surface area contributed by atoms with E-state index in [2.05, 4.69) is 21.8 Å². The molecule has 2 aromatic heterocycles. The fourth-order valence-electron chi connectivity index (χ4n) is 3.53. The number of piperidine rings is 1. The number of nitrogens with one attached hydrogen (secondary N) is 1. The lowest BCUT2D eigenvalue weighted by Crippen LogP contribution is -2.43. The van der Waals surface area contributed by atoms with Crippen molar-refractivity contribution in [3.8, 4) is 0 Å². The summed E-state index contributed by atoms with van der Waals surface area (Å²) in [6, 6.07) is 3.43. The zero-order valence-corrected chi connectivity index (χ0v) is 17.6. The Hall–Kier alpha value is -2.23. The zero-order chi connectivity index (χ0) is 20.8. The fourth-order valence-corrected chi connectivity index (χ4v) is 4.27. The summed E-state index contributed by atoms with van der Waals surface area (Å²) in [5.74, 6) is -0.515. The normalized spacial score (nSPS) is 16.2. The summed E-state index contributed by atoms with van der Waals surface area (Å²) in [5, 5.41) is 3.61. The van der Waals surface area contributed by atoms with E-state index in [0.29, 0.717) is 24.0 Å². The molecule has 3 heterocycles. The maximum absolute atomic E-state index is 13.7. The van der Waals surface area contributed by atoms with Crippen LogP contribution >= 0.6 is 11.3 Å². The van der Waals surface area contributed by atoms with Crippen LogP contribution in [0, 0.1) is 0 Å². The second-order valence-electron chi connectivity index (χ2n) is 7.24. The Morgan fingerprint density at radius 1 is 1.41 bits per heavy atom. The van der Waals surface area contributed by atoms with Gasteiger partial charge in [0, 0.05) is 47.7 Å². The van der Waals surface area contributed by atoms with Crippen LogP contribution in [0.1, 0.15) is 23.4 Å². The van der Waals surface area contributed by atoms with Crippen LogP contribution in [0.15, 0.2) is 41.6 Å². The van der Waals surface area contributed by atoms with Crippen molar-refractivity contribution in [2.45, 2.75) is 32.0 Å². The van der Waals surface area contributed by atoms with E-state index in [-0.39, 0.29) is 5.56 Å². The first-order valence-corrected chi connectivity index (χ1v) is 10.6. The summed E-state index contributed by atoms with van der Waals surface area (Å²) >= 11 is 1.73. The Morgan fingerprint density at radius 2 is 2.17 bits per heavy atom. The van der Waals surface area contributed by atoms with Crippen LogP contribution in [0.2, 0.25) is 0 Å². The standard InChI is InChI=1S/C20H27BFN5OS/c1-2-14(22)11-18-17(23)3-4-19(28)27(18)10-9-26-7-5-15(6-8-26)24-12-16-13-25-20(21)29-16/h2-4,11,13,15,24H,1,5-10,12,21,23H2/b14-11+. The Labute approximate surface area is 175 Å². The zero-order valence-electron chi connectivity index (χ0n) is 16.7. The van der Waals surface area contributed by atoms with Crippen molar-refractivity contribution < 1.29 is 4.39 Å². The lowest BCUT2D eigenvalue weighted by molar-refractivity contribution is 0.190. The Balaban J connectivity index is 1.53. The van der Waals surface area contributed by atoms with Gasteiger partial charge in [0.25, 0.3) is 5.56 Å². The van der Waals surface area contributed by atoms with Gasteiger partial charge in [0.1, 0.15) is 5.83 Å². The Bertz CT molecular complexity index is 933. The highest BCUT2D eigenvalue weighted by Crippen LogP contribution is 2.16. The molecule has 6 nitrogen and oxygen atoms in total. The molecule has 1 aliphatic heterocycles. The lowest BCUT2D eigenvalue weighted by atomic mass is 10.1. The molecule has 0 unspecified atom stereocenters. The van der Waals surface area contributed by atoms with Crippen LogP contribution in [-0.4, -0.2) is 48.0 Å². The molecule has 0 aliphatic carbocycles. The number of aromatic nitrogens is 2. The van der Waals surface area contributed by atoms with Gasteiger partial charge in [0.15, 0.2) is 7.85 Å². The molecule has 0 radical (unpaired) electrons. The van der Waals surface area contributed by atoms with Crippen LogP contribution in [0.4, 0.5) is 10.1 Å². The Morgan fingerprint density at radius 3 is 2.83 bits per heavy atom. The number of likely N-dealkylation sites (tertiary alicyclic amines) is 1. The average Bonchev–Trinajstić information content (AvgIpc) is 3.14. The van der Waals surface area contributed by atoms with E-state index in [1.807, 2.05) is 14.0 Å². The molecule has 0 spiro atoms. The number of nitrogens with zero attached hydrogens (tertiary/aromatic N) is 3. The molecule has 0 atom stereocenters. The quantitative estimate of drug-likeness (QED) is 0.495. The number of thiazole rings is 1. The second-order valence-corrected chi connectivity index (χ2v) is 8.56. The first kappa shape index (κ1) is 21.5. The molecule has 1 saturated heterocycles. The van der Waals surface area contributed by atoms with Crippen molar-refractivity contribution >= 4 is 35.9 Å². The molecular weight excluding hydrogens is 388 g/mol. The number of anilines is 1. The van der Waals surface area contributed by atoms with Crippen molar-refractivity contribution in [1.82, 2.24) is 19.8 Å². The number of hydrogen-bond acceptors (Lipinski definition) is 6.